The lowest BCUT2D eigenvalue weighted by molar-refractivity contribution is -0.184. The molecule has 0 aliphatic carbocycles. The Morgan fingerprint density at radius 1 is 0.737 bits per heavy atom. The molecule has 0 saturated carbocycles. The van der Waals surface area contributed by atoms with Crippen molar-refractivity contribution in [1.82, 2.24) is 14.5 Å². The number of benzene rings is 4. The molecular formula is C46H48ClN3O7. The quantitative estimate of drug-likeness (QED) is 0.103. The number of hydrogen-bond acceptors (Lipinski definition) is 8. The average Bonchev–Trinajstić information content (AvgIpc) is 3.80. The van der Waals surface area contributed by atoms with Gasteiger partial charge in [0.1, 0.15) is 29.7 Å². The summed E-state index contributed by atoms with van der Waals surface area (Å²) in [5.41, 5.74) is 1.76. The normalized spacial score (nSPS) is 19.6. The lowest BCUT2D eigenvalue weighted by atomic mass is 9.93. The number of likely N-dealkylation sites (tertiary alicyclic amines) is 1. The first-order chi connectivity index (χ1) is 27.6. The standard InChI is InChI=1S/C46H48ClN3O7/c1-45(2,3)57-44(51)50-39(31-53-27-33-16-8-4-9-17-33)41(55-29-35-20-12-6-13-21-35)42(56-30-36-22-14-7-15-23-36)46(50,52)38-26-49(43(47)37-24-25-48-40(37)38)32-54-28-34-18-10-5-11-19-34/h4-26,39,41-42,52H,27-32H2,1-3H3/t39-,41-,42-,46-/m1/s1. The van der Waals surface area contributed by atoms with Gasteiger partial charge in [-0.2, -0.15) is 0 Å². The van der Waals surface area contributed by atoms with Crippen molar-refractivity contribution in [1.29, 1.82) is 0 Å². The van der Waals surface area contributed by atoms with Gasteiger partial charge in [0.15, 0.2) is 0 Å². The number of fused-ring (bicyclic) bond motifs is 1. The number of carbonyl (C=O) groups excluding carboxylic acids is 1. The summed E-state index contributed by atoms with van der Waals surface area (Å²) in [6.07, 6.45) is 0.415. The molecule has 57 heavy (non-hydrogen) atoms. The van der Waals surface area contributed by atoms with Crippen LogP contribution < -0.4 is 0 Å². The van der Waals surface area contributed by atoms with E-state index in [1.807, 2.05) is 121 Å². The molecule has 10 nitrogen and oxygen atoms in total. The summed E-state index contributed by atoms with van der Waals surface area (Å²) in [4.78, 5) is 20.8. The van der Waals surface area contributed by atoms with Crippen molar-refractivity contribution >= 4 is 17.7 Å². The van der Waals surface area contributed by atoms with Crippen LogP contribution in [0.1, 0.15) is 48.6 Å². The van der Waals surface area contributed by atoms with Crippen molar-refractivity contribution in [2.75, 3.05) is 6.61 Å². The van der Waals surface area contributed by atoms with E-state index < -0.39 is 35.7 Å². The fraction of sp³-hybridized carbons (Fsp3) is 0.304. The van der Waals surface area contributed by atoms with Crippen molar-refractivity contribution in [2.45, 2.75) is 83.5 Å². The molecule has 0 bridgehead atoms. The number of rotatable bonds is 15. The van der Waals surface area contributed by atoms with Crippen LogP contribution in [0.5, 0.6) is 0 Å². The van der Waals surface area contributed by atoms with Crippen molar-refractivity contribution in [2.24, 2.45) is 0 Å². The summed E-state index contributed by atoms with van der Waals surface area (Å²) in [5.74, 6) is 0. The van der Waals surface area contributed by atoms with Crippen molar-refractivity contribution in [3.63, 3.8) is 0 Å². The first kappa shape index (κ1) is 40.1. The van der Waals surface area contributed by atoms with Gasteiger partial charge in [-0.05, 0) is 49.1 Å². The van der Waals surface area contributed by atoms with Gasteiger partial charge in [-0.1, -0.05) is 133 Å². The number of halogens is 1. The maximum absolute atomic E-state index is 14.8. The predicted octanol–water partition coefficient (Wildman–Crippen LogP) is 8.97. The van der Waals surface area contributed by atoms with Crippen molar-refractivity contribution in [3.05, 3.63) is 173 Å². The Morgan fingerprint density at radius 2 is 1.25 bits per heavy atom. The number of ether oxygens (including phenoxy) is 5. The van der Waals surface area contributed by atoms with Crippen LogP contribution in [0.2, 0.25) is 5.15 Å². The molecule has 3 heterocycles. The summed E-state index contributed by atoms with van der Waals surface area (Å²) in [6, 6.07) is 39.8. The van der Waals surface area contributed by atoms with Crippen LogP contribution in [0.25, 0.3) is 11.3 Å². The number of aliphatic hydroxyl groups is 1. The molecule has 1 saturated heterocycles. The first-order valence-corrected chi connectivity index (χ1v) is 19.4. The molecular weight excluding hydrogens is 742 g/mol. The highest BCUT2D eigenvalue weighted by atomic mass is 35.5. The Hall–Kier alpha value is -5.07. The van der Waals surface area contributed by atoms with E-state index in [0.29, 0.717) is 23.0 Å². The third kappa shape index (κ3) is 9.39. The monoisotopic (exact) mass is 789 g/mol. The zero-order chi connectivity index (χ0) is 39.8. The van der Waals surface area contributed by atoms with Crippen LogP contribution in [-0.2, 0) is 62.6 Å². The minimum atomic E-state index is -2.23. The van der Waals surface area contributed by atoms with Gasteiger partial charge in [-0.15, -0.1) is 0 Å². The van der Waals surface area contributed by atoms with Gasteiger partial charge >= 0.3 is 6.09 Å². The SMILES string of the molecule is CC(C)(C)OC(=O)N1[C@H](COCc2ccccc2)[C@@H](OCc2ccccc2)[C@@H](OCc2ccccc2)[C@]1(O)c1cn(COCc2ccccc2)c(Cl)c2ccnc1-2. The highest BCUT2D eigenvalue weighted by Crippen LogP contribution is 2.49. The number of pyridine rings is 1. The Morgan fingerprint density at radius 3 is 1.79 bits per heavy atom. The van der Waals surface area contributed by atoms with Gasteiger partial charge in [0, 0.05) is 23.5 Å². The minimum Gasteiger partial charge on any atom is -0.444 e. The number of aromatic nitrogens is 2. The number of nitrogens with zero attached hydrogens (tertiary/aromatic N) is 3. The van der Waals surface area contributed by atoms with Gasteiger partial charge in [0.2, 0.25) is 5.72 Å². The third-order valence-corrected chi connectivity index (χ3v) is 10.2. The Balaban J connectivity index is 1.36. The smallest absolute Gasteiger partial charge is 0.413 e. The molecule has 0 unspecified atom stereocenters. The zero-order valence-corrected chi connectivity index (χ0v) is 33.1. The highest BCUT2D eigenvalue weighted by Gasteiger charge is 2.65. The second-order valence-corrected chi connectivity index (χ2v) is 15.5. The zero-order valence-electron chi connectivity index (χ0n) is 32.4. The van der Waals surface area contributed by atoms with Gasteiger partial charge in [-0.25, -0.2) is 4.79 Å². The van der Waals surface area contributed by atoms with Gasteiger partial charge in [0.25, 0.3) is 0 Å². The molecule has 0 radical (unpaired) electrons. The van der Waals surface area contributed by atoms with E-state index >= 15 is 0 Å². The number of carbonyl (C=O) groups is 1. The molecule has 4 aromatic rings. The summed E-state index contributed by atoms with van der Waals surface area (Å²) < 4.78 is 34.0. The summed E-state index contributed by atoms with van der Waals surface area (Å²) in [7, 11) is 0. The van der Waals surface area contributed by atoms with E-state index in [1.165, 1.54) is 4.90 Å². The molecule has 1 N–H and O–H groups in total. The molecule has 4 aromatic carbocycles. The van der Waals surface area contributed by atoms with Crippen LogP contribution in [0.15, 0.2) is 140 Å². The predicted molar refractivity (Wildman–Crippen MR) is 217 cm³/mol. The average molecular weight is 790 g/mol. The topological polar surface area (TPSA) is 105 Å². The summed E-state index contributed by atoms with van der Waals surface area (Å²) in [5, 5.41) is 14.1. The van der Waals surface area contributed by atoms with Crippen LogP contribution in [-0.4, -0.2) is 56.1 Å². The van der Waals surface area contributed by atoms with E-state index in [9.17, 15) is 9.90 Å². The van der Waals surface area contributed by atoms with Gasteiger partial charge < -0.3 is 33.4 Å². The van der Waals surface area contributed by atoms with Crippen LogP contribution in [0.3, 0.4) is 0 Å². The Bertz CT molecular complexity index is 2150. The number of hydrogen-bond donors (Lipinski definition) is 1. The van der Waals surface area contributed by atoms with Crippen LogP contribution in [0.4, 0.5) is 4.79 Å². The van der Waals surface area contributed by atoms with Crippen molar-refractivity contribution < 1.29 is 33.6 Å². The fourth-order valence-electron chi connectivity index (χ4n) is 7.16. The summed E-state index contributed by atoms with van der Waals surface area (Å²) in [6.45, 7) is 6.22. The molecule has 1 amide bonds. The summed E-state index contributed by atoms with van der Waals surface area (Å²) >= 11 is 7.03. The first-order valence-electron chi connectivity index (χ1n) is 19.0. The van der Waals surface area contributed by atoms with Gasteiger partial charge in [-0.3, -0.25) is 9.88 Å². The molecule has 1 fully saturated rings. The van der Waals surface area contributed by atoms with E-state index in [4.69, 9.17) is 40.3 Å². The van der Waals surface area contributed by atoms with E-state index in [2.05, 4.69) is 0 Å². The molecule has 3 aliphatic rings. The van der Waals surface area contributed by atoms with E-state index in [1.54, 1.807) is 43.8 Å². The maximum atomic E-state index is 14.8. The second-order valence-electron chi connectivity index (χ2n) is 15.1. The molecule has 296 valence electrons. The lowest BCUT2D eigenvalue weighted by Crippen LogP contribution is -2.55. The Labute approximate surface area is 338 Å². The molecule has 0 spiro atoms. The lowest BCUT2D eigenvalue weighted by Gasteiger charge is -2.40. The molecule has 0 aromatic heterocycles. The largest absolute Gasteiger partial charge is 0.444 e. The molecule has 3 aliphatic heterocycles. The highest BCUT2D eigenvalue weighted by molar-refractivity contribution is 6.32. The van der Waals surface area contributed by atoms with Crippen molar-refractivity contribution in [3.8, 4) is 11.3 Å². The fourth-order valence-corrected chi connectivity index (χ4v) is 7.41. The van der Waals surface area contributed by atoms with E-state index in [0.717, 1.165) is 22.3 Å². The molecule has 11 heteroatoms. The third-order valence-electron chi connectivity index (χ3n) is 9.77. The van der Waals surface area contributed by atoms with Crippen LogP contribution in [0, 0.1) is 0 Å². The minimum absolute atomic E-state index is 0.0214. The van der Waals surface area contributed by atoms with Gasteiger partial charge in [0.05, 0.1) is 44.8 Å². The van der Waals surface area contributed by atoms with E-state index in [-0.39, 0.29) is 38.7 Å². The number of amides is 1. The molecule has 4 atom stereocenters. The molecule has 7 rings (SSSR count). The maximum Gasteiger partial charge on any atom is 0.413 e. The Kier molecular flexibility index (Phi) is 12.7. The van der Waals surface area contributed by atoms with Crippen LogP contribution >= 0.6 is 11.6 Å². The second kappa shape index (κ2) is 18.0.